The van der Waals surface area contributed by atoms with Crippen molar-refractivity contribution in [1.82, 2.24) is 31.9 Å². The Morgan fingerprint density at radius 2 is 1.04 bits per heavy atom. The van der Waals surface area contributed by atoms with E-state index in [0.717, 1.165) is 0 Å². The largest absolute Gasteiger partial charge is 0.481 e. The summed E-state index contributed by atoms with van der Waals surface area (Å²) in [6.07, 6.45) is -1.52. The molecular weight excluding hydrogens is 656 g/mol. The van der Waals surface area contributed by atoms with Crippen LogP contribution in [0.1, 0.15) is 53.9 Å². The van der Waals surface area contributed by atoms with Crippen molar-refractivity contribution in [1.29, 1.82) is 0 Å². The van der Waals surface area contributed by atoms with Crippen LogP contribution in [0.4, 0.5) is 0 Å². The van der Waals surface area contributed by atoms with Crippen LogP contribution in [0.15, 0.2) is 0 Å². The first-order valence-corrected chi connectivity index (χ1v) is 15.2. The van der Waals surface area contributed by atoms with Crippen LogP contribution in [0.25, 0.3) is 0 Å². The average molecular weight is 705 g/mol. The zero-order chi connectivity index (χ0) is 38.2. The van der Waals surface area contributed by atoms with E-state index in [1.807, 2.05) is 0 Å². The Morgan fingerprint density at radius 1 is 0.571 bits per heavy atom. The zero-order valence-electron chi connectivity index (χ0n) is 27.8. The minimum atomic E-state index is -1.73. The maximum absolute atomic E-state index is 13.3. The lowest BCUT2D eigenvalue weighted by atomic mass is 9.99. The normalized spacial score (nSPS) is 15.3. The van der Waals surface area contributed by atoms with E-state index in [2.05, 4.69) is 31.9 Å². The number of nitrogens with two attached hydrogens (primary N) is 2. The number of nitrogens with one attached hydrogen (secondary N) is 6. The number of carbonyl (C=O) groups excluding carboxylic acids is 7. The summed E-state index contributed by atoms with van der Waals surface area (Å²) < 4.78 is 0. The van der Waals surface area contributed by atoms with Crippen LogP contribution in [0.3, 0.4) is 0 Å². The van der Waals surface area contributed by atoms with Gasteiger partial charge in [0.1, 0.15) is 36.3 Å². The molecule has 0 saturated carbocycles. The van der Waals surface area contributed by atoms with Crippen molar-refractivity contribution in [2.45, 2.75) is 96.2 Å². The molecule has 0 unspecified atom stereocenters. The quantitative estimate of drug-likeness (QED) is 0.0500. The van der Waals surface area contributed by atoms with Gasteiger partial charge in [0.05, 0.1) is 32.1 Å². The molecule has 0 fully saturated rings. The van der Waals surface area contributed by atoms with E-state index in [1.165, 1.54) is 6.92 Å². The highest BCUT2D eigenvalue weighted by molar-refractivity contribution is 5.98. The Hall–Kier alpha value is -4.89. The first-order valence-electron chi connectivity index (χ1n) is 15.2. The molecule has 21 heteroatoms. The number of aliphatic hydroxyl groups is 2. The molecule has 14 N–H and O–H groups in total. The lowest BCUT2D eigenvalue weighted by Crippen LogP contribution is -2.61. The van der Waals surface area contributed by atoms with E-state index in [1.54, 1.807) is 27.7 Å². The van der Waals surface area contributed by atoms with Gasteiger partial charge in [-0.25, -0.2) is 4.79 Å². The lowest BCUT2D eigenvalue weighted by molar-refractivity contribution is -0.143. The number of carboxylic acid groups (broad SMARTS) is 2. The molecule has 49 heavy (non-hydrogen) atoms. The molecule has 0 saturated heterocycles. The van der Waals surface area contributed by atoms with Crippen molar-refractivity contribution in [3.05, 3.63) is 0 Å². The predicted molar refractivity (Wildman–Crippen MR) is 167 cm³/mol. The topological polar surface area (TPSA) is 359 Å². The zero-order valence-corrected chi connectivity index (χ0v) is 27.8. The molecule has 7 amide bonds. The summed E-state index contributed by atoms with van der Waals surface area (Å²) in [7, 11) is 0. The standard InChI is InChI=1S/C28H48N8O13/c1-11(2)6-15(25(45)36-21(12(3)4)27(47)35-18(10-38)28(48)49)32-24(44)16(8-19(30)39)33-26(46)17(9-37)34-22(42)13(5)31-23(43)14(29)7-20(40)41/h11-18,21,37-38H,6-10,29H2,1-5H3,(H2,30,39)(H,31,43)(H,32,44)(H,33,46)(H,34,42)(H,35,47)(H,36,45)(H,40,41)(H,48,49)/t13-,14-,15-,16-,17-,18-,21-/m0/s1. The number of hydrogen-bond donors (Lipinski definition) is 12. The van der Waals surface area contributed by atoms with Crippen molar-refractivity contribution in [3.8, 4) is 0 Å². The van der Waals surface area contributed by atoms with Crippen molar-refractivity contribution in [2.75, 3.05) is 13.2 Å². The monoisotopic (exact) mass is 704 g/mol. The molecule has 0 radical (unpaired) electrons. The number of carbonyl (C=O) groups is 9. The number of primary amides is 1. The van der Waals surface area contributed by atoms with Gasteiger partial charge >= 0.3 is 11.9 Å². The Bertz CT molecular complexity index is 1230. The lowest BCUT2D eigenvalue weighted by Gasteiger charge is -2.28. The number of aliphatic carboxylic acids is 2. The van der Waals surface area contributed by atoms with E-state index in [0.29, 0.717) is 0 Å². The highest BCUT2D eigenvalue weighted by Gasteiger charge is 2.34. The van der Waals surface area contributed by atoms with Crippen LogP contribution in [0.5, 0.6) is 0 Å². The SMILES string of the molecule is CC(C)C[C@H](NC(=O)[C@H](CC(N)=O)NC(=O)[C@H](CO)NC(=O)[C@H](C)NC(=O)[C@@H](N)CC(=O)O)C(=O)N[C@H](C(=O)N[C@@H](CO)C(=O)O)C(C)C. The Balaban J connectivity index is 5.86. The van der Waals surface area contributed by atoms with Crippen LogP contribution in [0.2, 0.25) is 0 Å². The number of hydrogen-bond acceptors (Lipinski definition) is 12. The summed E-state index contributed by atoms with van der Waals surface area (Å²) in [5, 5.41) is 50.3. The second-order valence-corrected chi connectivity index (χ2v) is 11.9. The van der Waals surface area contributed by atoms with Gasteiger partial charge in [0.2, 0.25) is 41.4 Å². The minimum Gasteiger partial charge on any atom is -0.481 e. The fourth-order valence-electron chi connectivity index (χ4n) is 4.05. The number of amides is 7. The number of aliphatic hydroxyl groups excluding tert-OH is 2. The maximum atomic E-state index is 13.3. The second-order valence-electron chi connectivity index (χ2n) is 11.9. The van der Waals surface area contributed by atoms with Gasteiger partial charge in [0, 0.05) is 0 Å². The van der Waals surface area contributed by atoms with Gasteiger partial charge in [-0.05, 0) is 25.2 Å². The molecule has 0 spiro atoms. The van der Waals surface area contributed by atoms with E-state index in [-0.39, 0.29) is 12.3 Å². The van der Waals surface area contributed by atoms with Gasteiger partial charge in [-0.2, -0.15) is 0 Å². The molecule has 0 aromatic rings. The van der Waals surface area contributed by atoms with Gasteiger partial charge < -0.3 is 63.8 Å². The number of carboxylic acids is 2. The van der Waals surface area contributed by atoms with Gasteiger partial charge in [0.15, 0.2) is 0 Å². The molecule has 0 bridgehead atoms. The first kappa shape index (κ1) is 44.1. The third-order valence-corrected chi connectivity index (χ3v) is 6.72. The second kappa shape index (κ2) is 21.2. The van der Waals surface area contributed by atoms with Crippen LogP contribution in [-0.4, -0.2) is 129 Å². The van der Waals surface area contributed by atoms with Crippen LogP contribution in [0, 0.1) is 11.8 Å². The molecule has 7 atom stereocenters. The van der Waals surface area contributed by atoms with Crippen molar-refractivity contribution < 1.29 is 63.6 Å². The van der Waals surface area contributed by atoms with Crippen LogP contribution >= 0.6 is 0 Å². The summed E-state index contributed by atoms with van der Waals surface area (Å²) in [6.45, 7) is 5.76. The molecule has 278 valence electrons. The number of rotatable bonds is 22. The molecule has 0 aromatic carbocycles. The van der Waals surface area contributed by atoms with Crippen molar-refractivity contribution >= 4 is 53.3 Å². The Kier molecular flexibility index (Phi) is 19.0. The molecule has 0 aliphatic carbocycles. The summed E-state index contributed by atoms with van der Waals surface area (Å²) in [4.78, 5) is 111. The van der Waals surface area contributed by atoms with E-state index in [9.17, 15) is 53.4 Å². The van der Waals surface area contributed by atoms with Crippen LogP contribution in [-0.2, 0) is 43.2 Å². The highest BCUT2D eigenvalue weighted by Crippen LogP contribution is 2.09. The average Bonchev–Trinajstić information content (AvgIpc) is 2.98. The Labute approximate surface area is 281 Å². The van der Waals surface area contributed by atoms with E-state index in [4.69, 9.17) is 21.7 Å². The summed E-state index contributed by atoms with van der Waals surface area (Å²) in [5.41, 5.74) is 10.7. The molecule has 0 heterocycles. The van der Waals surface area contributed by atoms with Crippen molar-refractivity contribution in [2.24, 2.45) is 23.3 Å². The molecular formula is C28H48N8O13. The summed E-state index contributed by atoms with van der Waals surface area (Å²) >= 11 is 0. The molecule has 0 aliphatic heterocycles. The van der Waals surface area contributed by atoms with Gasteiger partial charge in [-0.3, -0.25) is 38.4 Å². The molecule has 0 aliphatic rings. The third kappa shape index (κ3) is 16.2. The Morgan fingerprint density at radius 3 is 1.49 bits per heavy atom. The molecule has 0 rings (SSSR count). The highest BCUT2D eigenvalue weighted by atomic mass is 16.4. The summed E-state index contributed by atoms with van der Waals surface area (Å²) in [6, 6.07) is -10.6. The fraction of sp³-hybridized carbons (Fsp3) is 0.679. The van der Waals surface area contributed by atoms with Gasteiger partial charge in [0.25, 0.3) is 0 Å². The van der Waals surface area contributed by atoms with Gasteiger partial charge in [-0.15, -0.1) is 0 Å². The molecule has 21 nitrogen and oxygen atoms in total. The molecule has 0 aromatic heterocycles. The van der Waals surface area contributed by atoms with E-state index >= 15 is 0 Å². The van der Waals surface area contributed by atoms with Crippen molar-refractivity contribution in [3.63, 3.8) is 0 Å². The smallest absolute Gasteiger partial charge is 0.328 e. The van der Waals surface area contributed by atoms with E-state index < -0.39 is 128 Å². The predicted octanol–water partition coefficient (Wildman–Crippen LogP) is -5.64. The van der Waals surface area contributed by atoms with Crippen LogP contribution < -0.4 is 43.4 Å². The minimum absolute atomic E-state index is 0.00924. The third-order valence-electron chi connectivity index (χ3n) is 6.72. The first-order chi connectivity index (χ1) is 22.6. The maximum Gasteiger partial charge on any atom is 0.328 e. The summed E-state index contributed by atoms with van der Waals surface area (Å²) in [5.74, 6) is -10.8. The fourth-order valence-corrected chi connectivity index (χ4v) is 4.05. The van der Waals surface area contributed by atoms with Gasteiger partial charge in [-0.1, -0.05) is 27.7 Å².